The predicted octanol–water partition coefficient (Wildman–Crippen LogP) is 3.45. The zero-order valence-corrected chi connectivity index (χ0v) is 10.4. The normalized spacial score (nSPS) is 17.5. The van der Waals surface area contributed by atoms with E-state index in [9.17, 15) is 0 Å². The number of aromatic nitrogens is 1. The number of hydrogen-bond acceptors (Lipinski definition) is 1. The zero-order valence-electron chi connectivity index (χ0n) is 10.4. The summed E-state index contributed by atoms with van der Waals surface area (Å²) in [5, 5.41) is 4.91. The van der Waals surface area contributed by atoms with Gasteiger partial charge in [0.1, 0.15) is 0 Å². The van der Waals surface area contributed by atoms with Crippen molar-refractivity contribution in [3.05, 3.63) is 36.0 Å². The average molecular weight is 228 g/mol. The van der Waals surface area contributed by atoms with Crippen molar-refractivity contribution in [3.63, 3.8) is 0 Å². The van der Waals surface area contributed by atoms with Crippen LogP contribution in [0.25, 0.3) is 10.9 Å². The van der Waals surface area contributed by atoms with E-state index in [2.05, 4.69) is 41.5 Å². The van der Waals surface area contributed by atoms with Crippen molar-refractivity contribution in [3.8, 4) is 0 Å². The summed E-state index contributed by atoms with van der Waals surface area (Å²) in [4.78, 5) is 3.23. The molecule has 90 valence electrons. The Bertz CT molecular complexity index is 508. The molecule has 0 bridgehead atoms. The highest BCUT2D eigenvalue weighted by Crippen LogP contribution is 2.47. The highest BCUT2D eigenvalue weighted by atomic mass is 14.9. The van der Waals surface area contributed by atoms with Crippen LogP contribution in [0.2, 0.25) is 0 Å². The molecule has 1 aliphatic carbocycles. The van der Waals surface area contributed by atoms with Crippen LogP contribution in [0.15, 0.2) is 30.5 Å². The minimum Gasteiger partial charge on any atom is -0.361 e. The minimum absolute atomic E-state index is 0.637. The Morgan fingerprint density at radius 2 is 2.18 bits per heavy atom. The Kier molecular flexibility index (Phi) is 2.67. The number of fused-ring (bicyclic) bond motifs is 1. The van der Waals surface area contributed by atoms with E-state index in [1.165, 1.54) is 42.3 Å². The van der Waals surface area contributed by atoms with Crippen molar-refractivity contribution < 1.29 is 0 Å². The lowest BCUT2D eigenvalue weighted by Gasteiger charge is -2.13. The van der Waals surface area contributed by atoms with Crippen molar-refractivity contribution >= 4 is 10.9 Å². The first-order valence-corrected chi connectivity index (χ1v) is 6.58. The Morgan fingerprint density at radius 3 is 2.94 bits per heavy atom. The SMILES string of the molecule is CCC1(CNCc2ccc3[nH]ccc3c2)CC1. The van der Waals surface area contributed by atoms with Gasteiger partial charge in [-0.3, -0.25) is 0 Å². The molecule has 0 atom stereocenters. The summed E-state index contributed by atoms with van der Waals surface area (Å²) < 4.78 is 0. The third-order valence-electron chi connectivity index (χ3n) is 4.15. The number of hydrogen-bond donors (Lipinski definition) is 2. The topological polar surface area (TPSA) is 27.8 Å². The van der Waals surface area contributed by atoms with Crippen LogP contribution >= 0.6 is 0 Å². The van der Waals surface area contributed by atoms with Gasteiger partial charge in [0.15, 0.2) is 0 Å². The van der Waals surface area contributed by atoms with Gasteiger partial charge in [0.2, 0.25) is 0 Å². The molecule has 2 heteroatoms. The molecule has 3 rings (SSSR count). The van der Waals surface area contributed by atoms with E-state index in [-0.39, 0.29) is 0 Å². The van der Waals surface area contributed by atoms with Crippen LogP contribution in [-0.4, -0.2) is 11.5 Å². The Balaban J connectivity index is 1.60. The summed E-state index contributed by atoms with van der Waals surface area (Å²) in [5.74, 6) is 0. The van der Waals surface area contributed by atoms with Gasteiger partial charge in [-0.15, -0.1) is 0 Å². The van der Waals surface area contributed by atoms with Gasteiger partial charge in [0.05, 0.1) is 0 Å². The molecular weight excluding hydrogens is 208 g/mol. The van der Waals surface area contributed by atoms with Gasteiger partial charge in [-0.1, -0.05) is 13.0 Å². The van der Waals surface area contributed by atoms with Crippen LogP contribution in [0.1, 0.15) is 31.7 Å². The van der Waals surface area contributed by atoms with E-state index in [1.54, 1.807) is 0 Å². The molecule has 1 saturated carbocycles. The lowest BCUT2D eigenvalue weighted by Crippen LogP contribution is -2.23. The van der Waals surface area contributed by atoms with E-state index in [1.807, 2.05) is 6.20 Å². The Morgan fingerprint density at radius 1 is 1.29 bits per heavy atom. The van der Waals surface area contributed by atoms with E-state index in [0.29, 0.717) is 5.41 Å². The number of rotatable bonds is 5. The molecule has 1 aromatic heterocycles. The molecule has 0 amide bonds. The van der Waals surface area contributed by atoms with Gasteiger partial charge in [-0.2, -0.15) is 0 Å². The summed E-state index contributed by atoms with van der Waals surface area (Å²) in [7, 11) is 0. The molecule has 1 heterocycles. The van der Waals surface area contributed by atoms with E-state index in [0.717, 1.165) is 6.54 Å². The van der Waals surface area contributed by atoms with Gasteiger partial charge in [-0.05, 0) is 53.8 Å². The van der Waals surface area contributed by atoms with Crippen LogP contribution in [0.5, 0.6) is 0 Å². The molecule has 0 spiro atoms. The molecule has 2 N–H and O–H groups in total. The summed E-state index contributed by atoms with van der Waals surface area (Å²) in [5.41, 5.74) is 3.24. The summed E-state index contributed by atoms with van der Waals surface area (Å²) in [6.45, 7) is 4.47. The second kappa shape index (κ2) is 4.19. The van der Waals surface area contributed by atoms with Crippen molar-refractivity contribution in [2.45, 2.75) is 32.7 Å². The maximum Gasteiger partial charge on any atom is 0.0454 e. The second-order valence-corrected chi connectivity index (χ2v) is 5.36. The summed E-state index contributed by atoms with van der Waals surface area (Å²) in [6, 6.07) is 8.77. The monoisotopic (exact) mass is 228 g/mol. The maximum absolute atomic E-state index is 3.60. The van der Waals surface area contributed by atoms with Gasteiger partial charge in [0.25, 0.3) is 0 Å². The summed E-state index contributed by atoms with van der Waals surface area (Å²) in [6.07, 6.45) is 6.13. The first-order chi connectivity index (χ1) is 8.31. The molecule has 1 aliphatic rings. The highest BCUT2D eigenvalue weighted by molar-refractivity contribution is 5.79. The lowest BCUT2D eigenvalue weighted by atomic mass is 10.0. The van der Waals surface area contributed by atoms with Crippen LogP contribution in [-0.2, 0) is 6.54 Å². The molecular formula is C15H20N2. The lowest BCUT2D eigenvalue weighted by molar-refractivity contribution is 0.443. The molecule has 0 saturated heterocycles. The fourth-order valence-electron chi connectivity index (χ4n) is 2.52. The molecule has 2 nitrogen and oxygen atoms in total. The molecule has 1 aromatic carbocycles. The molecule has 0 aliphatic heterocycles. The van der Waals surface area contributed by atoms with Crippen LogP contribution < -0.4 is 5.32 Å². The van der Waals surface area contributed by atoms with Gasteiger partial charge < -0.3 is 10.3 Å². The van der Waals surface area contributed by atoms with Crippen molar-refractivity contribution in [2.75, 3.05) is 6.54 Å². The quantitative estimate of drug-likeness (QED) is 0.806. The average Bonchev–Trinajstić information content (AvgIpc) is 2.98. The fourth-order valence-corrected chi connectivity index (χ4v) is 2.52. The number of H-pyrrole nitrogens is 1. The fraction of sp³-hybridized carbons (Fsp3) is 0.467. The first kappa shape index (κ1) is 10.8. The smallest absolute Gasteiger partial charge is 0.0454 e. The molecule has 17 heavy (non-hydrogen) atoms. The maximum atomic E-state index is 3.60. The number of benzene rings is 1. The molecule has 0 unspecified atom stereocenters. The van der Waals surface area contributed by atoms with E-state index >= 15 is 0 Å². The highest BCUT2D eigenvalue weighted by Gasteiger charge is 2.39. The van der Waals surface area contributed by atoms with Crippen LogP contribution in [0.4, 0.5) is 0 Å². The van der Waals surface area contributed by atoms with Gasteiger partial charge in [0, 0.05) is 24.8 Å². The van der Waals surface area contributed by atoms with E-state index < -0.39 is 0 Å². The third-order valence-corrected chi connectivity index (χ3v) is 4.15. The number of aromatic amines is 1. The molecule has 2 aromatic rings. The predicted molar refractivity (Wildman–Crippen MR) is 72.0 cm³/mol. The zero-order chi connectivity index (χ0) is 11.7. The minimum atomic E-state index is 0.637. The largest absolute Gasteiger partial charge is 0.361 e. The van der Waals surface area contributed by atoms with Crippen molar-refractivity contribution in [1.29, 1.82) is 0 Å². The molecule has 0 radical (unpaired) electrons. The van der Waals surface area contributed by atoms with Gasteiger partial charge in [-0.25, -0.2) is 0 Å². The third kappa shape index (κ3) is 2.22. The van der Waals surface area contributed by atoms with Crippen molar-refractivity contribution in [2.24, 2.45) is 5.41 Å². The van der Waals surface area contributed by atoms with E-state index in [4.69, 9.17) is 0 Å². The second-order valence-electron chi connectivity index (χ2n) is 5.36. The molecule has 1 fully saturated rings. The first-order valence-electron chi connectivity index (χ1n) is 6.58. The standard InChI is InChI=1S/C15H20N2/c1-2-15(6-7-15)11-16-10-12-3-4-14-13(9-12)5-8-17-14/h3-5,8-9,16-17H,2,6-7,10-11H2,1H3. The van der Waals surface area contributed by atoms with Gasteiger partial charge >= 0.3 is 0 Å². The Hall–Kier alpha value is -1.28. The van der Waals surface area contributed by atoms with Crippen molar-refractivity contribution in [1.82, 2.24) is 10.3 Å². The van der Waals surface area contributed by atoms with Crippen LogP contribution in [0, 0.1) is 5.41 Å². The Labute approximate surface area is 102 Å². The number of nitrogens with one attached hydrogen (secondary N) is 2. The summed E-state index contributed by atoms with van der Waals surface area (Å²) >= 11 is 0. The van der Waals surface area contributed by atoms with Crippen LogP contribution in [0.3, 0.4) is 0 Å².